The van der Waals surface area contributed by atoms with E-state index in [9.17, 15) is 10.3 Å². The van der Waals surface area contributed by atoms with Crippen molar-refractivity contribution in [3.8, 4) is 23.4 Å². The van der Waals surface area contributed by atoms with Crippen LogP contribution in [0.4, 0.5) is 11.8 Å². The van der Waals surface area contributed by atoms with Gasteiger partial charge in [0.15, 0.2) is 0 Å². The summed E-state index contributed by atoms with van der Waals surface area (Å²) in [6.45, 7) is 9.80. The lowest BCUT2D eigenvalue weighted by atomic mass is 10.1. The molecule has 1 aliphatic rings. The molecule has 3 N–H and O–H groups in total. The molecule has 0 amide bonds. The Morgan fingerprint density at radius 3 is 2.38 bits per heavy atom. The molecular weight excluding hydrogens is 424 g/mol. The van der Waals surface area contributed by atoms with Crippen LogP contribution in [-0.4, -0.2) is 58.2 Å². The van der Waals surface area contributed by atoms with Gasteiger partial charge in [0, 0.05) is 31.6 Å². The Bertz CT molecular complexity index is 919. The summed E-state index contributed by atoms with van der Waals surface area (Å²) in [6.07, 6.45) is 14.4. The van der Waals surface area contributed by atoms with Gasteiger partial charge in [-0.3, -0.25) is 5.21 Å². The highest BCUT2D eigenvalue weighted by Gasteiger charge is 2.27. The van der Waals surface area contributed by atoms with Gasteiger partial charge in [-0.15, -0.1) is 24.2 Å². The van der Waals surface area contributed by atoms with Crippen LogP contribution in [0.15, 0.2) is 11.6 Å². The Kier molecular flexibility index (Phi) is 11.6. The minimum Gasteiger partial charge on any atom is -0.396 e. The number of nitrogens with zero attached hydrogens (tertiary/aromatic N) is 5. The fourth-order valence-corrected chi connectivity index (χ4v) is 4.35. The van der Waals surface area contributed by atoms with Crippen molar-refractivity contribution in [1.29, 1.82) is 0 Å². The van der Waals surface area contributed by atoms with Crippen molar-refractivity contribution in [2.24, 2.45) is 10.9 Å². The van der Waals surface area contributed by atoms with Crippen molar-refractivity contribution in [1.82, 2.24) is 15.0 Å². The molecule has 0 bridgehead atoms. The molecule has 1 saturated carbocycles. The highest BCUT2D eigenvalue weighted by Crippen LogP contribution is 2.37. The molecule has 0 aromatic carbocycles. The van der Waals surface area contributed by atoms with Crippen molar-refractivity contribution in [3.63, 3.8) is 0 Å². The van der Waals surface area contributed by atoms with Crippen LogP contribution < -0.4 is 10.4 Å². The topological polar surface area (TPSA) is 107 Å². The molecule has 0 saturated heterocycles. The van der Waals surface area contributed by atoms with E-state index >= 15 is 0 Å². The van der Waals surface area contributed by atoms with Crippen LogP contribution in [0.25, 0.3) is 16.6 Å². The van der Waals surface area contributed by atoms with Crippen molar-refractivity contribution < 1.29 is 10.3 Å². The summed E-state index contributed by atoms with van der Waals surface area (Å²) >= 11 is 1.55. The third-order valence-corrected chi connectivity index (χ3v) is 6.17. The van der Waals surface area contributed by atoms with Crippen molar-refractivity contribution >= 4 is 35.4 Å². The predicted octanol–water partition coefficient (Wildman–Crippen LogP) is 4.21. The zero-order valence-corrected chi connectivity index (χ0v) is 20.4. The molecule has 32 heavy (non-hydrogen) atoms. The minimum atomic E-state index is 0.215. The zero-order valence-electron chi connectivity index (χ0n) is 19.5. The second-order valence-corrected chi connectivity index (χ2v) is 8.28. The zero-order chi connectivity index (χ0) is 24.3. The Balaban J connectivity index is 0.000000769. The molecule has 2 aromatic heterocycles. The van der Waals surface area contributed by atoms with Crippen LogP contribution in [0.2, 0.25) is 0 Å². The van der Waals surface area contributed by atoms with Gasteiger partial charge in [-0.2, -0.15) is 4.98 Å². The first-order chi connectivity index (χ1) is 15.3. The Hall–Kier alpha value is -2.80. The second-order valence-electron chi connectivity index (χ2n) is 7.25. The van der Waals surface area contributed by atoms with Gasteiger partial charge in [0.2, 0.25) is 0 Å². The average molecular weight is 459 g/mol. The van der Waals surface area contributed by atoms with Gasteiger partial charge >= 0.3 is 0 Å². The van der Waals surface area contributed by atoms with E-state index in [1.165, 1.54) is 7.05 Å². The lowest BCUT2D eigenvalue weighted by Crippen LogP contribution is -2.21. The second kappa shape index (κ2) is 13.6. The predicted molar refractivity (Wildman–Crippen MR) is 135 cm³/mol. The highest BCUT2D eigenvalue weighted by molar-refractivity contribution is 7.16. The highest BCUT2D eigenvalue weighted by atomic mass is 32.1. The molecule has 9 heteroatoms. The smallest absolute Gasteiger partial charge is 0.251 e. The van der Waals surface area contributed by atoms with Gasteiger partial charge in [-0.25, -0.2) is 15.0 Å². The summed E-state index contributed by atoms with van der Waals surface area (Å²) in [5.74, 6) is 1.23. The molecule has 174 valence electrons. The minimum absolute atomic E-state index is 0.215. The number of rotatable bonds is 6. The summed E-state index contributed by atoms with van der Waals surface area (Å²) in [4.78, 5) is 18.2. The molecule has 2 aromatic rings. The molecule has 2 unspecified atom stereocenters. The summed E-state index contributed by atoms with van der Waals surface area (Å²) in [5.41, 5.74) is 2.53. The third-order valence-electron chi connectivity index (χ3n) is 5.00. The number of anilines is 2. The molecule has 3 rings (SSSR count). The molecule has 1 fully saturated rings. The average Bonchev–Trinajstić information content (AvgIpc) is 3.40. The number of aliphatic imine (C=N–C) groups is 1. The van der Waals surface area contributed by atoms with E-state index in [1.807, 2.05) is 20.8 Å². The molecule has 2 atom stereocenters. The van der Waals surface area contributed by atoms with Crippen LogP contribution in [0.5, 0.6) is 0 Å². The number of hydroxylamine groups is 1. The van der Waals surface area contributed by atoms with Crippen LogP contribution in [0.3, 0.4) is 0 Å². The van der Waals surface area contributed by atoms with Crippen molar-refractivity contribution in [2.45, 2.75) is 46.1 Å². The number of hydrogen-bond donors (Lipinski definition) is 3. The Morgan fingerprint density at radius 2 is 1.91 bits per heavy atom. The van der Waals surface area contributed by atoms with Gasteiger partial charge in [0.1, 0.15) is 10.8 Å². The van der Waals surface area contributed by atoms with Crippen LogP contribution in [0, 0.1) is 32.6 Å². The van der Waals surface area contributed by atoms with Gasteiger partial charge in [-0.05, 0) is 52.2 Å². The summed E-state index contributed by atoms with van der Waals surface area (Å²) < 4.78 is 0. The van der Waals surface area contributed by atoms with Gasteiger partial charge in [0.25, 0.3) is 5.95 Å². The number of aromatic nitrogens is 3. The first-order valence-corrected chi connectivity index (χ1v) is 11.1. The van der Waals surface area contributed by atoms with E-state index in [0.29, 0.717) is 11.7 Å². The monoisotopic (exact) mass is 458 g/mol. The fraction of sp³-hybridized carbons (Fsp3) is 0.478. The van der Waals surface area contributed by atoms with Crippen molar-refractivity contribution in [3.05, 3.63) is 22.8 Å². The van der Waals surface area contributed by atoms with Crippen LogP contribution >= 0.6 is 11.3 Å². The van der Waals surface area contributed by atoms with E-state index in [-0.39, 0.29) is 18.6 Å². The normalized spacial score (nSPS) is 17.2. The lowest BCUT2D eigenvalue weighted by Gasteiger charge is -2.19. The number of nitrogens with one attached hydrogen (secondary N) is 1. The molecular formula is C23H34N6O2S. The van der Waals surface area contributed by atoms with E-state index in [1.54, 1.807) is 30.7 Å². The van der Waals surface area contributed by atoms with E-state index in [2.05, 4.69) is 44.7 Å². The quantitative estimate of drug-likeness (QED) is 0.338. The Morgan fingerprint density at radius 1 is 1.25 bits per heavy atom. The fourth-order valence-electron chi connectivity index (χ4n) is 3.33. The summed E-state index contributed by atoms with van der Waals surface area (Å²) in [5, 5.41) is 24.4. The molecule has 0 aliphatic heterocycles. The van der Waals surface area contributed by atoms with Crippen LogP contribution in [-0.2, 0) is 0 Å². The van der Waals surface area contributed by atoms with E-state index < -0.39 is 0 Å². The number of terminal acetylenes is 1. The number of thiazole rings is 1. The van der Waals surface area contributed by atoms with Crippen molar-refractivity contribution in [2.75, 3.05) is 31.1 Å². The largest absolute Gasteiger partial charge is 0.396 e. The number of aliphatic hydroxyl groups is 1. The maximum absolute atomic E-state index is 9.78. The third kappa shape index (κ3) is 7.12. The maximum Gasteiger partial charge on any atom is 0.251 e. The lowest BCUT2D eigenvalue weighted by molar-refractivity contribution is 0.229. The maximum atomic E-state index is 9.78. The SMILES string of the molecule is C#C.C=Cc1sc(-c2c(C)nc(N(C)O)nc2NC2CCC(CO)C2)nc1C.CC=NC. The Labute approximate surface area is 195 Å². The first-order valence-electron chi connectivity index (χ1n) is 10.3. The number of hydrogen-bond acceptors (Lipinski definition) is 9. The van der Waals surface area contributed by atoms with E-state index in [0.717, 1.165) is 51.2 Å². The number of aryl methyl sites for hydroxylation is 2. The van der Waals surface area contributed by atoms with Gasteiger partial charge in [-0.1, -0.05) is 12.7 Å². The molecule has 1 aliphatic carbocycles. The summed E-state index contributed by atoms with van der Waals surface area (Å²) in [6, 6.07) is 0.233. The van der Waals surface area contributed by atoms with Crippen LogP contribution in [0.1, 0.15) is 42.5 Å². The molecule has 0 spiro atoms. The van der Waals surface area contributed by atoms with E-state index in [4.69, 9.17) is 0 Å². The molecule has 0 radical (unpaired) electrons. The standard InChI is InChI=1S/C18H25N5O2S.C3H7N.C2H2/c1-5-14-10(2)19-17(26-14)15-11(3)20-18(23(4)25)22-16(15)21-13-7-6-12(8-13)9-24;1-3-4-2;1-2/h5,12-13,24-25H,1,6-9H2,2-4H3,(H,20,21,22);3H,1-2H3;1-2H. The summed E-state index contributed by atoms with van der Waals surface area (Å²) in [7, 11) is 3.25. The number of aliphatic hydroxyl groups excluding tert-OH is 1. The molecule has 8 nitrogen and oxygen atoms in total. The van der Waals surface area contributed by atoms with Gasteiger partial charge in [0.05, 0.1) is 17.0 Å². The first kappa shape index (κ1) is 27.2. The molecule has 2 heterocycles. The van der Waals surface area contributed by atoms with Gasteiger partial charge < -0.3 is 15.4 Å².